The van der Waals surface area contributed by atoms with Crippen LogP contribution in [0.3, 0.4) is 0 Å². The summed E-state index contributed by atoms with van der Waals surface area (Å²) in [6.45, 7) is 0.229. The van der Waals surface area contributed by atoms with Crippen LogP contribution in [0.15, 0.2) is 83.8 Å². The maximum Gasteiger partial charge on any atom is 0.573 e. The largest absolute Gasteiger partial charge is 0.573 e. The molecule has 3 aromatic rings. The van der Waals surface area contributed by atoms with Gasteiger partial charge in [-0.3, -0.25) is 0 Å². The second kappa shape index (κ2) is 11.8. The number of carbonyl (C=O) groups is 1. The number of nitrogens with one attached hydrogen (secondary N) is 1. The Morgan fingerprint density at radius 2 is 1.52 bits per heavy atom. The first-order chi connectivity index (χ1) is 18.9. The Labute approximate surface area is 227 Å². The third-order valence-electron chi connectivity index (χ3n) is 6.49. The topological polar surface area (TPSA) is 84.9 Å². The van der Waals surface area contributed by atoms with E-state index in [4.69, 9.17) is 4.74 Å². The van der Waals surface area contributed by atoms with Crippen molar-refractivity contribution in [2.24, 2.45) is 0 Å². The minimum Gasteiger partial charge on any atom is -0.445 e. The number of likely N-dealkylation sites (tertiary alicyclic amines) is 1. The predicted octanol–water partition coefficient (Wildman–Crippen LogP) is 6.13. The number of sulfonamides is 1. The molecule has 1 N–H and O–H groups in total. The minimum atomic E-state index is -4.94. The number of benzene rings is 3. The van der Waals surface area contributed by atoms with Crippen LogP contribution in [0.25, 0.3) is 0 Å². The molecule has 0 atom stereocenters. The quantitative estimate of drug-likeness (QED) is 0.322. The molecule has 7 nitrogen and oxygen atoms in total. The highest BCUT2D eigenvalue weighted by Crippen LogP contribution is 2.36. The van der Waals surface area contributed by atoms with Gasteiger partial charge in [0.15, 0.2) is 0 Å². The van der Waals surface area contributed by atoms with E-state index in [1.54, 1.807) is 24.3 Å². The molecular weight excluding hydrogens is 559 g/mol. The summed E-state index contributed by atoms with van der Waals surface area (Å²) in [7, 11) is -4.31. The Hall–Kier alpha value is -3.71. The average Bonchev–Trinajstić information content (AvgIpc) is 2.92. The van der Waals surface area contributed by atoms with Gasteiger partial charge in [-0.25, -0.2) is 26.7 Å². The van der Waals surface area contributed by atoms with E-state index in [0.29, 0.717) is 5.56 Å². The maximum absolute atomic E-state index is 13.3. The Morgan fingerprint density at radius 1 is 0.925 bits per heavy atom. The number of hydrogen-bond acceptors (Lipinski definition) is 5. The fourth-order valence-corrected chi connectivity index (χ4v) is 5.86. The number of amides is 1. The summed E-state index contributed by atoms with van der Waals surface area (Å²) in [4.78, 5) is 13.8. The van der Waals surface area contributed by atoms with Gasteiger partial charge in [0.2, 0.25) is 10.0 Å². The molecular formula is C27H25F5N2O5S. The highest BCUT2D eigenvalue weighted by atomic mass is 32.2. The van der Waals surface area contributed by atoms with Crippen LogP contribution in [-0.4, -0.2) is 38.9 Å². The van der Waals surface area contributed by atoms with E-state index >= 15 is 0 Å². The van der Waals surface area contributed by atoms with Gasteiger partial charge in [0, 0.05) is 18.7 Å². The number of rotatable bonds is 8. The molecule has 0 aromatic heterocycles. The van der Waals surface area contributed by atoms with Gasteiger partial charge in [-0.05, 0) is 48.2 Å². The number of nitrogens with zero attached hydrogens (tertiary/aromatic N) is 1. The molecule has 0 aliphatic carbocycles. The Bertz CT molecular complexity index is 1390. The molecule has 4 rings (SSSR count). The highest BCUT2D eigenvalue weighted by Gasteiger charge is 2.41. The summed E-state index contributed by atoms with van der Waals surface area (Å²) in [6, 6.07) is 17.9. The SMILES string of the molecule is O=C(OCc1ccccc1)N1CCC(NS(=O)(=O)c2ccc(OC(F)(F)F)cc2)(c2ccc(C(F)F)cc2)CC1. The molecule has 1 aliphatic heterocycles. The smallest absolute Gasteiger partial charge is 0.445 e. The van der Waals surface area contributed by atoms with Gasteiger partial charge in [-0.15, -0.1) is 13.2 Å². The second-order valence-corrected chi connectivity index (χ2v) is 10.8. The molecule has 1 aliphatic rings. The summed E-state index contributed by atoms with van der Waals surface area (Å²) < 4.78 is 102. The van der Waals surface area contributed by atoms with E-state index in [1.165, 1.54) is 29.2 Å². The van der Waals surface area contributed by atoms with E-state index in [9.17, 15) is 35.2 Å². The fraction of sp³-hybridized carbons (Fsp3) is 0.296. The molecule has 40 heavy (non-hydrogen) atoms. The van der Waals surface area contributed by atoms with Gasteiger partial charge in [-0.2, -0.15) is 0 Å². The molecule has 0 radical (unpaired) electrons. The van der Waals surface area contributed by atoms with E-state index in [2.05, 4.69) is 9.46 Å². The normalized spacial score (nSPS) is 15.6. The van der Waals surface area contributed by atoms with E-state index in [1.807, 2.05) is 6.07 Å². The number of halogens is 5. The van der Waals surface area contributed by atoms with Crippen LogP contribution in [0, 0.1) is 0 Å². The Morgan fingerprint density at radius 3 is 2.08 bits per heavy atom. The predicted molar refractivity (Wildman–Crippen MR) is 134 cm³/mol. The van der Waals surface area contributed by atoms with Crippen molar-refractivity contribution in [3.05, 3.63) is 95.6 Å². The van der Waals surface area contributed by atoms with Crippen molar-refractivity contribution in [3.63, 3.8) is 0 Å². The second-order valence-electron chi connectivity index (χ2n) is 9.16. The van der Waals surface area contributed by atoms with Gasteiger partial charge >= 0.3 is 12.5 Å². The number of carbonyl (C=O) groups excluding carboxylic acids is 1. The molecule has 0 spiro atoms. The monoisotopic (exact) mass is 584 g/mol. The molecule has 1 saturated heterocycles. The molecule has 1 heterocycles. The van der Waals surface area contributed by atoms with Crippen LogP contribution in [0.2, 0.25) is 0 Å². The van der Waals surface area contributed by atoms with Gasteiger partial charge < -0.3 is 14.4 Å². The number of ether oxygens (including phenoxy) is 2. The van der Waals surface area contributed by atoms with Crippen molar-refractivity contribution in [1.82, 2.24) is 9.62 Å². The first-order valence-electron chi connectivity index (χ1n) is 12.1. The third-order valence-corrected chi connectivity index (χ3v) is 8.05. The van der Waals surface area contributed by atoms with Crippen LogP contribution in [-0.2, 0) is 26.9 Å². The van der Waals surface area contributed by atoms with Crippen molar-refractivity contribution >= 4 is 16.1 Å². The number of hydrogen-bond donors (Lipinski definition) is 1. The van der Waals surface area contributed by atoms with Crippen molar-refractivity contribution in [3.8, 4) is 5.75 Å². The Kier molecular flexibility index (Phi) is 8.64. The van der Waals surface area contributed by atoms with Gasteiger partial charge in [0.1, 0.15) is 12.4 Å². The zero-order valence-corrected chi connectivity index (χ0v) is 21.7. The lowest BCUT2D eigenvalue weighted by Gasteiger charge is -2.42. The lowest BCUT2D eigenvalue weighted by molar-refractivity contribution is -0.274. The zero-order valence-electron chi connectivity index (χ0n) is 20.9. The van der Waals surface area contributed by atoms with Crippen molar-refractivity contribution < 1.29 is 44.6 Å². The van der Waals surface area contributed by atoms with Crippen LogP contribution in [0.1, 0.15) is 36.0 Å². The average molecular weight is 585 g/mol. The molecule has 0 saturated carbocycles. The summed E-state index contributed by atoms with van der Waals surface area (Å²) in [5, 5.41) is 0. The first-order valence-corrected chi connectivity index (χ1v) is 13.6. The molecule has 0 bridgehead atoms. The van der Waals surface area contributed by atoms with E-state index in [0.717, 1.165) is 29.8 Å². The standard InChI is InChI=1S/C27H25F5N2O5S/c28-24(29)20-6-8-21(9-7-20)26(33-40(36,37)23-12-10-22(11-13-23)39-27(30,31)32)14-16-34(17-15-26)25(35)38-18-19-4-2-1-3-5-19/h1-13,24,33H,14-18H2. The lowest BCUT2D eigenvalue weighted by atomic mass is 9.81. The summed E-state index contributed by atoms with van der Waals surface area (Å²) in [5.41, 5.74) is -0.351. The zero-order chi connectivity index (χ0) is 29.0. The van der Waals surface area contributed by atoms with Crippen LogP contribution >= 0.6 is 0 Å². The summed E-state index contributed by atoms with van der Waals surface area (Å²) in [6.07, 6.45) is -8.09. The fourth-order valence-electron chi connectivity index (χ4n) is 4.42. The first kappa shape index (κ1) is 29.3. The van der Waals surface area contributed by atoms with Gasteiger partial charge in [-0.1, -0.05) is 54.6 Å². The third kappa shape index (κ3) is 7.27. The summed E-state index contributed by atoms with van der Waals surface area (Å²) in [5.74, 6) is -0.592. The molecule has 1 fully saturated rings. The van der Waals surface area contributed by atoms with Crippen LogP contribution in [0.4, 0.5) is 26.7 Å². The number of piperidine rings is 1. The molecule has 214 valence electrons. The van der Waals surface area contributed by atoms with Crippen molar-refractivity contribution in [2.45, 2.75) is 42.7 Å². The van der Waals surface area contributed by atoms with Crippen molar-refractivity contribution in [1.29, 1.82) is 0 Å². The Balaban J connectivity index is 1.54. The van der Waals surface area contributed by atoms with Gasteiger partial charge in [0.05, 0.1) is 10.4 Å². The van der Waals surface area contributed by atoms with Gasteiger partial charge in [0.25, 0.3) is 6.43 Å². The lowest BCUT2D eigenvalue weighted by Crippen LogP contribution is -2.54. The molecule has 3 aromatic carbocycles. The van der Waals surface area contributed by atoms with Crippen molar-refractivity contribution in [2.75, 3.05) is 13.1 Å². The van der Waals surface area contributed by atoms with E-state index < -0.39 is 40.2 Å². The van der Waals surface area contributed by atoms with Crippen LogP contribution in [0.5, 0.6) is 5.75 Å². The minimum absolute atomic E-state index is 0.0527. The van der Waals surface area contributed by atoms with Crippen LogP contribution < -0.4 is 9.46 Å². The molecule has 13 heteroatoms. The maximum atomic E-state index is 13.3. The highest BCUT2D eigenvalue weighted by molar-refractivity contribution is 7.89. The molecule has 1 amide bonds. The number of alkyl halides is 5. The molecule has 0 unspecified atom stereocenters. The van der Waals surface area contributed by atoms with E-state index in [-0.39, 0.29) is 43.0 Å². The summed E-state index contributed by atoms with van der Waals surface area (Å²) >= 11 is 0.